The van der Waals surface area contributed by atoms with Crippen LogP contribution in [0.15, 0.2) is 6.20 Å². The van der Waals surface area contributed by atoms with Gasteiger partial charge in [-0.1, -0.05) is 6.92 Å². The molecule has 0 bridgehead atoms. The molecule has 0 radical (unpaired) electrons. The molecule has 0 aromatic carbocycles. The first kappa shape index (κ1) is 15.3. The molecule has 1 aliphatic carbocycles. The second kappa shape index (κ2) is 6.59. The Labute approximate surface area is 122 Å². The van der Waals surface area contributed by atoms with Gasteiger partial charge in [0.2, 0.25) is 0 Å². The van der Waals surface area contributed by atoms with Gasteiger partial charge in [-0.3, -0.25) is 4.68 Å². The quantitative estimate of drug-likeness (QED) is 0.787. The van der Waals surface area contributed by atoms with Crippen LogP contribution in [0.2, 0.25) is 0 Å². The van der Waals surface area contributed by atoms with Crippen LogP contribution in [0.1, 0.15) is 38.3 Å². The van der Waals surface area contributed by atoms with Gasteiger partial charge >= 0.3 is 0 Å². The Kier molecular flexibility index (Phi) is 5.05. The van der Waals surface area contributed by atoms with Gasteiger partial charge in [-0.05, 0) is 33.9 Å². The summed E-state index contributed by atoms with van der Waals surface area (Å²) in [6.45, 7) is 6.39. The Morgan fingerprint density at radius 3 is 2.70 bits per heavy atom. The number of nitrogens with zero attached hydrogens (tertiary/aromatic N) is 3. The van der Waals surface area contributed by atoms with Gasteiger partial charge < -0.3 is 15.0 Å². The minimum atomic E-state index is 0.384. The number of nitrogens with one attached hydrogen (secondary N) is 1. The average molecular weight is 280 g/mol. The van der Waals surface area contributed by atoms with Crippen molar-refractivity contribution in [2.24, 2.45) is 0 Å². The highest BCUT2D eigenvalue weighted by atomic mass is 16.5. The van der Waals surface area contributed by atoms with Gasteiger partial charge in [0.25, 0.3) is 0 Å². The van der Waals surface area contributed by atoms with E-state index in [1.807, 2.05) is 6.20 Å². The van der Waals surface area contributed by atoms with Crippen molar-refractivity contribution in [3.63, 3.8) is 0 Å². The normalized spacial score (nSPS) is 18.3. The van der Waals surface area contributed by atoms with Crippen molar-refractivity contribution in [1.82, 2.24) is 20.0 Å². The fraction of sp³-hybridized carbons (Fsp3) is 0.800. The molecule has 1 aromatic rings. The van der Waals surface area contributed by atoms with Crippen molar-refractivity contribution in [3.05, 3.63) is 11.9 Å². The number of methoxy groups -OCH3 is 1. The van der Waals surface area contributed by atoms with E-state index in [1.165, 1.54) is 18.5 Å². The van der Waals surface area contributed by atoms with Gasteiger partial charge in [0.15, 0.2) is 5.75 Å². The molecule has 114 valence electrons. The van der Waals surface area contributed by atoms with Gasteiger partial charge in [-0.15, -0.1) is 0 Å². The molecule has 20 heavy (non-hydrogen) atoms. The summed E-state index contributed by atoms with van der Waals surface area (Å²) in [5.74, 6) is 1.29. The van der Waals surface area contributed by atoms with Crippen LogP contribution in [0.5, 0.6) is 5.75 Å². The van der Waals surface area contributed by atoms with Crippen LogP contribution >= 0.6 is 0 Å². The van der Waals surface area contributed by atoms with Crippen LogP contribution in [0.25, 0.3) is 0 Å². The number of hydrogen-bond donors (Lipinski definition) is 1. The summed E-state index contributed by atoms with van der Waals surface area (Å²) < 4.78 is 7.59. The summed E-state index contributed by atoms with van der Waals surface area (Å²) in [6, 6.07) is 1.16. The van der Waals surface area contributed by atoms with E-state index in [1.54, 1.807) is 7.11 Å². The van der Waals surface area contributed by atoms with Crippen molar-refractivity contribution in [2.45, 2.75) is 51.2 Å². The summed E-state index contributed by atoms with van der Waals surface area (Å²) in [4.78, 5) is 2.18. The number of aromatic nitrogens is 2. The van der Waals surface area contributed by atoms with E-state index in [9.17, 15) is 0 Å². The van der Waals surface area contributed by atoms with Gasteiger partial charge in [-0.25, -0.2) is 0 Å². The molecule has 1 N–H and O–H groups in total. The lowest BCUT2D eigenvalue weighted by molar-refractivity contribution is 0.353. The highest BCUT2D eigenvalue weighted by Gasteiger charge is 2.28. The van der Waals surface area contributed by atoms with E-state index >= 15 is 0 Å². The van der Waals surface area contributed by atoms with Gasteiger partial charge in [-0.2, -0.15) is 5.10 Å². The largest absolute Gasteiger partial charge is 0.493 e. The third-order valence-electron chi connectivity index (χ3n) is 4.08. The molecule has 0 saturated heterocycles. The van der Waals surface area contributed by atoms with Crippen LogP contribution in [-0.2, 0) is 6.54 Å². The van der Waals surface area contributed by atoms with E-state index < -0.39 is 0 Å². The van der Waals surface area contributed by atoms with E-state index in [2.05, 4.69) is 47.9 Å². The van der Waals surface area contributed by atoms with E-state index in [0.29, 0.717) is 12.0 Å². The van der Waals surface area contributed by atoms with Crippen molar-refractivity contribution >= 4 is 0 Å². The second-order valence-corrected chi connectivity index (χ2v) is 6.14. The molecule has 1 heterocycles. The summed E-state index contributed by atoms with van der Waals surface area (Å²) in [5, 5.41) is 8.17. The standard InChI is InChI=1S/C15H28N4O/c1-11(12(2)17-13-6-7-13)15-14(20-5)10-16-19(15)9-8-18(3)4/h10-13,17H,6-9H2,1-5H3. The molecular weight excluding hydrogens is 252 g/mol. The molecule has 0 amide bonds. The molecule has 2 rings (SSSR count). The van der Waals surface area contributed by atoms with Gasteiger partial charge in [0.05, 0.1) is 25.5 Å². The average Bonchev–Trinajstić information content (AvgIpc) is 3.12. The Hall–Kier alpha value is -1.07. The van der Waals surface area contributed by atoms with Crippen LogP contribution in [0.3, 0.4) is 0 Å². The summed E-state index contributed by atoms with van der Waals surface area (Å²) in [7, 11) is 5.89. The predicted octanol–water partition coefficient (Wildman–Crippen LogP) is 1.70. The zero-order chi connectivity index (χ0) is 14.7. The first-order valence-corrected chi connectivity index (χ1v) is 7.53. The predicted molar refractivity (Wildman–Crippen MR) is 81.4 cm³/mol. The summed E-state index contributed by atoms with van der Waals surface area (Å²) in [6.07, 6.45) is 4.47. The van der Waals surface area contributed by atoms with Crippen molar-refractivity contribution in [2.75, 3.05) is 27.7 Å². The Morgan fingerprint density at radius 1 is 1.45 bits per heavy atom. The lowest BCUT2D eigenvalue weighted by Gasteiger charge is -2.23. The molecule has 5 heteroatoms. The molecule has 2 atom stereocenters. The molecule has 0 aliphatic heterocycles. The Bertz CT molecular complexity index is 426. The monoisotopic (exact) mass is 280 g/mol. The van der Waals surface area contributed by atoms with Gasteiger partial charge in [0, 0.05) is 24.5 Å². The smallest absolute Gasteiger partial charge is 0.160 e. The number of ether oxygens (including phenoxy) is 1. The molecular formula is C15H28N4O. The summed E-state index contributed by atoms with van der Waals surface area (Å²) >= 11 is 0. The van der Waals surface area contributed by atoms with E-state index in [4.69, 9.17) is 4.74 Å². The van der Waals surface area contributed by atoms with Crippen molar-refractivity contribution < 1.29 is 4.74 Å². The van der Waals surface area contributed by atoms with Gasteiger partial charge in [0.1, 0.15) is 0 Å². The Balaban J connectivity index is 2.11. The number of hydrogen-bond acceptors (Lipinski definition) is 4. The second-order valence-electron chi connectivity index (χ2n) is 6.14. The van der Waals surface area contributed by atoms with E-state index in [-0.39, 0.29) is 0 Å². The van der Waals surface area contributed by atoms with Crippen LogP contribution in [0, 0.1) is 0 Å². The molecule has 1 aliphatic rings. The maximum atomic E-state index is 5.50. The number of likely N-dealkylation sites (N-methyl/N-ethyl adjacent to an activating group) is 1. The van der Waals surface area contributed by atoms with Crippen molar-refractivity contribution in [1.29, 1.82) is 0 Å². The zero-order valence-electron chi connectivity index (χ0n) is 13.4. The minimum absolute atomic E-state index is 0.384. The third-order valence-corrected chi connectivity index (χ3v) is 4.08. The molecule has 1 saturated carbocycles. The van der Waals surface area contributed by atoms with Crippen molar-refractivity contribution in [3.8, 4) is 5.75 Å². The molecule has 1 fully saturated rings. The lowest BCUT2D eigenvalue weighted by Crippen LogP contribution is -2.34. The van der Waals surface area contributed by atoms with Crippen LogP contribution < -0.4 is 10.1 Å². The molecule has 5 nitrogen and oxygen atoms in total. The van der Waals surface area contributed by atoms with Crippen LogP contribution in [-0.4, -0.2) is 54.5 Å². The van der Waals surface area contributed by atoms with E-state index in [0.717, 1.165) is 24.9 Å². The first-order valence-electron chi connectivity index (χ1n) is 7.53. The summed E-state index contributed by atoms with van der Waals surface area (Å²) in [5.41, 5.74) is 1.20. The fourth-order valence-electron chi connectivity index (χ4n) is 2.47. The topological polar surface area (TPSA) is 42.3 Å². The molecule has 1 aromatic heterocycles. The fourth-order valence-corrected chi connectivity index (χ4v) is 2.47. The molecule has 2 unspecified atom stereocenters. The third kappa shape index (κ3) is 3.73. The SMILES string of the molecule is COc1cnn(CCN(C)C)c1C(C)C(C)NC1CC1. The highest BCUT2D eigenvalue weighted by Crippen LogP contribution is 2.30. The maximum Gasteiger partial charge on any atom is 0.160 e. The highest BCUT2D eigenvalue weighted by molar-refractivity contribution is 5.29. The Morgan fingerprint density at radius 2 is 2.15 bits per heavy atom. The maximum absolute atomic E-state index is 5.50. The molecule has 0 spiro atoms. The first-order chi connectivity index (χ1) is 9.52. The minimum Gasteiger partial charge on any atom is -0.493 e. The lowest BCUT2D eigenvalue weighted by atomic mass is 9.99. The van der Waals surface area contributed by atoms with Crippen LogP contribution in [0.4, 0.5) is 0 Å². The number of rotatable bonds is 8. The zero-order valence-corrected chi connectivity index (χ0v) is 13.4.